The van der Waals surface area contributed by atoms with Gasteiger partial charge in [-0.15, -0.1) is 5.10 Å². The standard InChI is InChI=1S/C11H14N4/c1-8-3-9(2)5-10(4-8)7-15-13-6-11(12)14-15/h3-6H,7H2,1-2H3,(H2,12,14). The molecule has 1 aromatic heterocycles. The van der Waals surface area contributed by atoms with Gasteiger partial charge in [0.1, 0.15) is 0 Å². The summed E-state index contributed by atoms with van der Waals surface area (Å²) in [6.45, 7) is 4.84. The lowest BCUT2D eigenvalue weighted by Crippen LogP contribution is -2.04. The van der Waals surface area contributed by atoms with Crippen molar-refractivity contribution in [2.45, 2.75) is 20.4 Å². The molecule has 2 N–H and O–H groups in total. The monoisotopic (exact) mass is 202 g/mol. The summed E-state index contributed by atoms with van der Waals surface area (Å²) in [4.78, 5) is 1.60. The molecule has 0 bridgehead atoms. The lowest BCUT2D eigenvalue weighted by Gasteiger charge is -2.03. The van der Waals surface area contributed by atoms with Gasteiger partial charge in [-0.2, -0.15) is 9.90 Å². The number of benzene rings is 1. The topological polar surface area (TPSA) is 56.7 Å². The van der Waals surface area contributed by atoms with E-state index in [-0.39, 0.29) is 0 Å². The molecule has 0 aliphatic carbocycles. The molecule has 0 aliphatic heterocycles. The molecule has 0 unspecified atom stereocenters. The van der Waals surface area contributed by atoms with Crippen LogP contribution in [0.1, 0.15) is 16.7 Å². The van der Waals surface area contributed by atoms with Crippen molar-refractivity contribution >= 4 is 5.82 Å². The quantitative estimate of drug-likeness (QED) is 0.803. The van der Waals surface area contributed by atoms with Crippen LogP contribution in [0.2, 0.25) is 0 Å². The smallest absolute Gasteiger partial charge is 0.165 e. The number of hydrogen-bond donors (Lipinski definition) is 1. The van der Waals surface area contributed by atoms with E-state index >= 15 is 0 Å². The molecule has 2 aromatic rings. The zero-order valence-electron chi connectivity index (χ0n) is 8.94. The van der Waals surface area contributed by atoms with Gasteiger partial charge in [-0.1, -0.05) is 29.3 Å². The summed E-state index contributed by atoms with van der Waals surface area (Å²) < 4.78 is 0. The maximum absolute atomic E-state index is 5.50. The predicted molar refractivity (Wildman–Crippen MR) is 59.5 cm³/mol. The molecule has 0 saturated carbocycles. The number of aryl methyl sites for hydroxylation is 2. The first-order valence-corrected chi connectivity index (χ1v) is 4.86. The first-order chi connectivity index (χ1) is 7.13. The summed E-state index contributed by atoms with van der Waals surface area (Å²) in [5.74, 6) is 0.458. The van der Waals surface area contributed by atoms with Crippen molar-refractivity contribution in [3.05, 3.63) is 41.1 Å². The third-order valence-electron chi connectivity index (χ3n) is 2.16. The Kier molecular flexibility index (Phi) is 2.41. The van der Waals surface area contributed by atoms with Gasteiger partial charge < -0.3 is 5.73 Å². The molecular weight excluding hydrogens is 188 g/mol. The minimum absolute atomic E-state index is 0.458. The Morgan fingerprint density at radius 3 is 2.40 bits per heavy atom. The highest BCUT2D eigenvalue weighted by atomic mass is 15.5. The second-order valence-electron chi connectivity index (χ2n) is 3.80. The Morgan fingerprint density at radius 2 is 1.87 bits per heavy atom. The number of nitrogens with zero attached hydrogens (tertiary/aromatic N) is 3. The maximum Gasteiger partial charge on any atom is 0.165 e. The first-order valence-electron chi connectivity index (χ1n) is 4.86. The average molecular weight is 202 g/mol. The molecular formula is C11H14N4. The Labute approximate surface area is 88.7 Å². The lowest BCUT2D eigenvalue weighted by atomic mass is 10.1. The van der Waals surface area contributed by atoms with Gasteiger partial charge in [-0.25, -0.2) is 0 Å². The van der Waals surface area contributed by atoms with Crippen LogP contribution >= 0.6 is 0 Å². The fourth-order valence-electron chi connectivity index (χ4n) is 1.71. The van der Waals surface area contributed by atoms with Crippen LogP contribution in [0, 0.1) is 13.8 Å². The van der Waals surface area contributed by atoms with Gasteiger partial charge in [0.15, 0.2) is 5.82 Å². The maximum atomic E-state index is 5.50. The van der Waals surface area contributed by atoms with Crippen LogP contribution in [0.15, 0.2) is 24.4 Å². The van der Waals surface area contributed by atoms with E-state index in [2.05, 4.69) is 42.2 Å². The lowest BCUT2D eigenvalue weighted by molar-refractivity contribution is 0.592. The van der Waals surface area contributed by atoms with Crippen molar-refractivity contribution in [2.24, 2.45) is 0 Å². The zero-order valence-corrected chi connectivity index (χ0v) is 8.94. The number of aromatic nitrogens is 3. The van der Waals surface area contributed by atoms with Crippen molar-refractivity contribution < 1.29 is 0 Å². The summed E-state index contributed by atoms with van der Waals surface area (Å²) in [7, 11) is 0. The van der Waals surface area contributed by atoms with Gasteiger partial charge in [0, 0.05) is 0 Å². The Morgan fingerprint density at radius 1 is 1.20 bits per heavy atom. The second-order valence-corrected chi connectivity index (χ2v) is 3.80. The largest absolute Gasteiger partial charge is 0.381 e. The molecule has 0 atom stereocenters. The Bertz CT molecular complexity index is 453. The van der Waals surface area contributed by atoms with Crippen molar-refractivity contribution in [3.8, 4) is 0 Å². The van der Waals surface area contributed by atoms with E-state index < -0.39 is 0 Å². The van der Waals surface area contributed by atoms with Crippen molar-refractivity contribution in [1.82, 2.24) is 15.0 Å². The van der Waals surface area contributed by atoms with Crippen LogP contribution in [0.25, 0.3) is 0 Å². The van der Waals surface area contributed by atoms with E-state index in [1.807, 2.05) is 0 Å². The van der Waals surface area contributed by atoms with Crippen molar-refractivity contribution in [2.75, 3.05) is 5.73 Å². The Balaban J connectivity index is 2.24. The van der Waals surface area contributed by atoms with Crippen molar-refractivity contribution in [3.63, 3.8) is 0 Å². The summed E-state index contributed by atoms with van der Waals surface area (Å²) in [6.07, 6.45) is 1.56. The highest BCUT2D eigenvalue weighted by Gasteiger charge is 2.00. The second kappa shape index (κ2) is 3.73. The molecule has 78 valence electrons. The van der Waals surface area contributed by atoms with E-state index in [0.717, 1.165) is 0 Å². The van der Waals surface area contributed by atoms with E-state index in [0.29, 0.717) is 12.4 Å². The number of anilines is 1. The zero-order chi connectivity index (χ0) is 10.8. The van der Waals surface area contributed by atoms with E-state index in [1.54, 1.807) is 11.0 Å². The average Bonchev–Trinajstić information content (AvgIpc) is 2.49. The summed E-state index contributed by atoms with van der Waals surface area (Å²) in [6, 6.07) is 6.41. The van der Waals surface area contributed by atoms with Gasteiger partial charge >= 0.3 is 0 Å². The summed E-state index contributed by atoms with van der Waals surface area (Å²) >= 11 is 0. The fraction of sp³-hybridized carbons (Fsp3) is 0.273. The van der Waals surface area contributed by atoms with Gasteiger partial charge in [0.05, 0.1) is 12.7 Å². The number of nitrogens with two attached hydrogens (primary N) is 1. The third kappa shape index (κ3) is 2.34. The minimum atomic E-state index is 0.458. The van der Waals surface area contributed by atoms with E-state index in [4.69, 9.17) is 5.73 Å². The first kappa shape index (κ1) is 9.71. The number of nitrogen functional groups attached to an aromatic ring is 1. The minimum Gasteiger partial charge on any atom is -0.381 e. The molecule has 0 spiro atoms. The van der Waals surface area contributed by atoms with Gasteiger partial charge in [-0.05, 0) is 19.4 Å². The van der Waals surface area contributed by atoms with Crippen LogP contribution in [0.5, 0.6) is 0 Å². The molecule has 1 heterocycles. The highest BCUT2D eigenvalue weighted by Crippen LogP contribution is 2.09. The van der Waals surface area contributed by atoms with Gasteiger partial charge in [-0.3, -0.25) is 0 Å². The van der Waals surface area contributed by atoms with E-state index in [9.17, 15) is 0 Å². The third-order valence-corrected chi connectivity index (χ3v) is 2.16. The van der Waals surface area contributed by atoms with Crippen molar-refractivity contribution in [1.29, 1.82) is 0 Å². The van der Waals surface area contributed by atoms with Crippen LogP contribution in [-0.2, 0) is 6.54 Å². The van der Waals surface area contributed by atoms with Crippen LogP contribution in [-0.4, -0.2) is 15.0 Å². The number of hydrogen-bond acceptors (Lipinski definition) is 3. The number of rotatable bonds is 2. The predicted octanol–water partition coefficient (Wildman–Crippen LogP) is 1.53. The fourth-order valence-corrected chi connectivity index (χ4v) is 1.71. The normalized spacial score (nSPS) is 10.5. The molecule has 0 aliphatic rings. The molecule has 1 aromatic carbocycles. The molecule has 0 amide bonds. The molecule has 0 saturated heterocycles. The molecule has 4 heteroatoms. The van der Waals surface area contributed by atoms with Gasteiger partial charge in [0.2, 0.25) is 0 Å². The molecule has 15 heavy (non-hydrogen) atoms. The highest BCUT2D eigenvalue weighted by molar-refractivity contribution is 5.28. The summed E-state index contributed by atoms with van der Waals surface area (Å²) in [5.41, 5.74) is 9.20. The molecule has 4 nitrogen and oxygen atoms in total. The van der Waals surface area contributed by atoms with Crippen LogP contribution in [0.4, 0.5) is 5.82 Å². The Hall–Kier alpha value is -1.84. The van der Waals surface area contributed by atoms with Crippen LogP contribution < -0.4 is 5.73 Å². The molecule has 2 rings (SSSR count). The van der Waals surface area contributed by atoms with Crippen LogP contribution in [0.3, 0.4) is 0 Å². The molecule has 0 radical (unpaired) electrons. The SMILES string of the molecule is Cc1cc(C)cc(Cn2ncc(N)n2)c1. The summed E-state index contributed by atoms with van der Waals surface area (Å²) in [5, 5.41) is 8.10. The molecule has 0 fully saturated rings. The van der Waals surface area contributed by atoms with Gasteiger partial charge in [0.25, 0.3) is 0 Å². The van der Waals surface area contributed by atoms with E-state index in [1.165, 1.54) is 16.7 Å².